The van der Waals surface area contributed by atoms with E-state index in [4.69, 9.17) is 5.73 Å². The number of aryl methyl sites for hydroxylation is 1. The summed E-state index contributed by atoms with van der Waals surface area (Å²) in [4.78, 5) is 8.79. The van der Waals surface area contributed by atoms with Crippen molar-refractivity contribution in [2.24, 2.45) is 7.05 Å². The Labute approximate surface area is 117 Å². The summed E-state index contributed by atoms with van der Waals surface area (Å²) in [6.07, 6.45) is 3.59. The zero-order valence-corrected chi connectivity index (χ0v) is 11.5. The Hall–Kier alpha value is -2.56. The number of anilines is 2. The summed E-state index contributed by atoms with van der Waals surface area (Å²) in [5, 5.41) is 3.41. The minimum absolute atomic E-state index is 0.135. The van der Waals surface area contributed by atoms with E-state index in [-0.39, 0.29) is 6.04 Å². The maximum atomic E-state index is 5.71. The Balaban J connectivity index is 1.91. The van der Waals surface area contributed by atoms with E-state index in [9.17, 15) is 0 Å². The Morgan fingerprint density at radius 2 is 1.90 bits per heavy atom. The average molecular weight is 267 g/mol. The van der Waals surface area contributed by atoms with Gasteiger partial charge in [0, 0.05) is 18.9 Å². The quantitative estimate of drug-likeness (QED) is 0.716. The van der Waals surface area contributed by atoms with Gasteiger partial charge in [0.2, 0.25) is 0 Å². The standard InChI is InChI=1S/C15H17N5/c1-10(11-3-5-12(16)6-4-11)19-15-14-13(7-8-17-15)20(2)9-18-14/h3-10H,16H2,1-2H3,(H,17,19). The highest BCUT2D eigenvalue weighted by atomic mass is 15.1. The van der Waals surface area contributed by atoms with Crippen molar-refractivity contribution in [1.29, 1.82) is 0 Å². The van der Waals surface area contributed by atoms with E-state index in [1.165, 1.54) is 0 Å². The molecule has 5 heteroatoms. The predicted octanol–water partition coefficient (Wildman–Crippen LogP) is 2.72. The summed E-state index contributed by atoms with van der Waals surface area (Å²) >= 11 is 0. The van der Waals surface area contributed by atoms with Crippen LogP contribution in [0.5, 0.6) is 0 Å². The number of pyridine rings is 1. The van der Waals surface area contributed by atoms with Crippen LogP contribution in [0.1, 0.15) is 18.5 Å². The fourth-order valence-electron chi connectivity index (χ4n) is 2.24. The zero-order valence-electron chi connectivity index (χ0n) is 11.5. The van der Waals surface area contributed by atoms with E-state index in [0.717, 1.165) is 28.1 Å². The molecule has 3 N–H and O–H groups in total. The van der Waals surface area contributed by atoms with Crippen LogP contribution in [0.3, 0.4) is 0 Å². The van der Waals surface area contributed by atoms with Crippen LogP contribution in [0.4, 0.5) is 11.5 Å². The van der Waals surface area contributed by atoms with Crippen molar-refractivity contribution in [2.75, 3.05) is 11.1 Å². The van der Waals surface area contributed by atoms with Gasteiger partial charge in [-0.15, -0.1) is 0 Å². The summed E-state index contributed by atoms with van der Waals surface area (Å²) in [6, 6.07) is 9.94. The van der Waals surface area contributed by atoms with Gasteiger partial charge < -0.3 is 15.6 Å². The second kappa shape index (κ2) is 4.85. The second-order valence-corrected chi connectivity index (χ2v) is 4.92. The molecule has 0 bridgehead atoms. The summed E-state index contributed by atoms with van der Waals surface area (Å²) in [6.45, 7) is 2.09. The highest BCUT2D eigenvalue weighted by molar-refractivity contribution is 5.85. The largest absolute Gasteiger partial charge is 0.399 e. The maximum Gasteiger partial charge on any atom is 0.154 e. The Morgan fingerprint density at radius 3 is 2.65 bits per heavy atom. The number of hydrogen-bond donors (Lipinski definition) is 2. The lowest BCUT2D eigenvalue weighted by Gasteiger charge is -2.15. The van der Waals surface area contributed by atoms with Crippen LogP contribution < -0.4 is 11.1 Å². The van der Waals surface area contributed by atoms with Crippen molar-refractivity contribution in [3.05, 3.63) is 48.4 Å². The number of nitrogens with two attached hydrogens (primary N) is 1. The van der Waals surface area contributed by atoms with Crippen molar-refractivity contribution in [3.8, 4) is 0 Å². The minimum atomic E-state index is 0.135. The smallest absolute Gasteiger partial charge is 0.154 e. The fraction of sp³-hybridized carbons (Fsp3) is 0.200. The van der Waals surface area contributed by atoms with Gasteiger partial charge in [-0.3, -0.25) is 0 Å². The average Bonchev–Trinajstić information content (AvgIpc) is 2.82. The number of aromatic nitrogens is 3. The van der Waals surface area contributed by atoms with Crippen LogP contribution in [0.25, 0.3) is 11.0 Å². The molecule has 0 amide bonds. The Morgan fingerprint density at radius 1 is 1.15 bits per heavy atom. The van der Waals surface area contributed by atoms with E-state index in [1.54, 1.807) is 12.5 Å². The third-order valence-corrected chi connectivity index (χ3v) is 3.43. The first kappa shape index (κ1) is 12.5. The number of nitrogens with one attached hydrogen (secondary N) is 1. The van der Waals surface area contributed by atoms with Gasteiger partial charge in [0.1, 0.15) is 5.52 Å². The van der Waals surface area contributed by atoms with Crippen molar-refractivity contribution < 1.29 is 0 Å². The first-order valence-electron chi connectivity index (χ1n) is 6.53. The Bertz CT molecular complexity index is 730. The molecular formula is C15H17N5. The minimum Gasteiger partial charge on any atom is -0.399 e. The molecule has 3 rings (SSSR count). The molecule has 0 spiro atoms. The van der Waals surface area contributed by atoms with Crippen LogP contribution in [-0.2, 0) is 7.05 Å². The normalized spacial score (nSPS) is 12.5. The fourth-order valence-corrected chi connectivity index (χ4v) is 2.24. The van der Waals surface area contributed by atoms with E-state index >= 15 is 0 Å². The number of nitrogen functional groups attached to an aromatic ring is 1. The molecule has 102 valence electrons. The van der Waals surface area contributed by atoms with Gasteiger partial charge in [-0.25, -0.2) is 9.97 Å². The van der Waals surface area contributed by atoms with E-state index in [2.05, 4.69) is 22.2 Å². The molecule has 1 aromatic carbocycles. The van der Waals surface area contributed by atoms with Gasteiger partial charge in [0.25, 0.3) is 0 Å². The SMILES string of the molecule is CC(Nc1nccc2c1ncn2C)c1ccc(N)cc1. The van der Waals surface area contributed by atoms with Crippen LogP contribution >= 0.6 is 0 Å². The molecule has 2 aromatic heterocycles. The molecule has 1 atom stereocenters. The van der Waals surface area contributed by atoms with Crippen LogP contribution in [0, 0.1) is 0 Å². The monoisotopic (exact) mass is 267 g/mol. The van der Waals surface area contributed by atoms with Gasteiger partial charge in [-0.2, -0.15) is 0 Å². The number of nitrogens with zero attached hydrogens (tertiary/aromatic N) is 3. The first-order chi connectivity index (χ1) is 9.65. The molecule has 0 aliphatic rings. The first-order valence-corrected chi connectivity index (χ1v) is 6.53. The topological polar surface area (TPSA) is 68.8 Å². The van der Waals surface area contributed by atoms with Crippen molar-refractivity contribution in [3.63, 3.8) is 0 Å². The van der Waals surface area contributed by atoms with E-state index in [0.29, 0.717) is 0 Å². The van der Waals surface area contributed by atoms with Crippen molar-refractivity contribution in [1.82, 2.24) is 14.5 Å². The van der Waals surface area contributed by atoms with Crippen LogP contribution in [0.2, 0.25) is 0 Å². The van der Waals surface area contributed by atoms with Gasteiger partial charge in [-0.05, 0) is 30.7 Å². The molecule has 0 aliphatic heterocycles. The highest BCUT2D eigenvalue weighted by Gasteiger charge is 2.10. The number of benzene rings is 1. The van der Waals surface area contributed by atoms with Gasteiger partial charge >= 0.3 is 0 Å². The van der Waals surface area contributed by atoms with Gasteiger partial charge in [0.15, 0.2) is 5.82 Å². The molecule has 0 aliphatic carbocycles. The lowest BCUT2D eigenvalue weighted by atomic mass is 10.1. The highest BCUT2D eigenvalue weighted by Crippen LogP contribution is 2.24. The maximum absolute atomic E-state index is 5.71. The Kier molecular flexibility index (Phi) is 3.02. The predicted molar refractivity (Wildman–Crippen MR) is 81.4 cm³/mol. The molecule has 0 fully saturated rings. The molecule has 3 aromatic rings. The molecule has 1 unspecified atom stereocenters. The number of fused-ring (bicyclic) bond motifs is 1. The van der Waals surface area contributed by atoms with E-state index < -0.39 is 0 Å². The number of rotatable bonds is 3. The summed E-state index contributed by atoms with van der Waals surface area (Å²) < 4.78 is 1.98. The van der Waals surface area contributed by atoms with Crippen molar-refractivity contribution >= 4 is 22.5 Å². The molecular weight excluding hydrogens is 250 g/mol. The molecule has 2 heterocycles. The molecule has 0 saturated heterocycles. The second-order valence-electron chi connectivity index (χ2n) is 4.92. The van der Waals surface area contributed by atoms with Gasteiger partial charge in [-0.1, -0.05) is 12.1 Å². The number of imidazole rings is 1. The zero-order chi connectivity index (χ0) is 14.1. The summed E-state index contributed by atoms with van der Waals surface area (Å²) in [5.41, 5.74) is 9.59. The van der Waals surface area contributed by atoms with Gasteiger partial charge in [0.05, 0.1) is 17.9 Å². The lowest BCUT2D eigenvalue weighted by molar-refractivity contribution is 0.877. The van der Waals surface area contributed by atoms with Crippen LogP contribution in [-0.4, -0.2) is 14.5 Å². The molecule has 0 saturated carbocycles. The van der Waals surface area contributed by atoms with E-state index in [1.807, 2.05) is 41.9 Å². The van der Waals surface area contributed by atoms with Crippen molar-refractivity contribution in [2.45, 2.75) is 13.0 Å². The third kappa shape index (κ3) is 2.18. The summed E-state index contributed by atoms with van der Waals surface area (Å²) in [5.74, 6) is 0.799. The van der Waals surface area contributed by atoms with Crippen LogP contribution in [0.15, 0.2) is 42.9 Å². The third-order valence-electron chi connectivity index (χ3n) is 3.43. The summed E-state index contributed by atoms with van der Waals surface area (Å²) in [7, 11) is 1.97. The lowest BCUT2D eigenvalue weighted by Crippen LogP contribution is -2.08. The molecule has 0 radical (unpaired) electrons. The molecule has 5 nitrogen and oxygen atoms in total. The molecule has 20 heavy (non-hydrogen) atoms. The number of hydrogen-bond acceptors (Lipinski definition) is 4.